The molecule has 0 amide bonds. The van der Waals surface area contributed by atoms with Gasteiger partial charge in [0.25, 0.3) is 5.88 Å². The molecule has 1 fully saturated rings. The lowest BCUT2D eigenvalue weighted by Gasteiger charge is -2.24. The van der Waals surface area contributed by atoms with Gasteiger partial charge in [0, 0.05) is 5.54 Å². The third-order valence-corrected chi connectivity index (χ3v) is 5.47. The van der Waals surface area contributed by atoms with Gasteiger partial charge in [0.15, 0.2) is 11.4 Å². The standard InChI is InChI=1S/C21H19F4N3O/c1-2-20(15-5-3-4-14(12-15)19(26)10-11-19)17(22)18(27-28-20)29-16-8-6-13(7-9-16)21(23,24)25/h3-9,12H,2,10-11,26H2,1H3. The van der Waals surface area contributed by atoms with E-state index in [0.717, 1.165) is 42.7 Å². The predicted molar refractivity (Wildman–Crippen MR) is 98.6 cm³/mol. The van der Waals surface area contributed by atoms with Crippen LogP contribution in [0.3, 0.4) is 0 Å². The van der Waals surface area contributed by atoms with Gasteiger partial charge in [-0.1, -0.05) is 31.2 Å². The van der Waals surface area contributed by atoms with E-state index in [1.807, 2.05) is 18.2 Å². The fourth-order valence-electron chi connectivity index (χ4n) is 3.41. The molecular weight excluding hydrogens is 386 g/mol. The van der Waals surface area contributed by atoms with Crippen LogP contribution in [0.25, 0.3) is 0 Å². The van der Waals surface area contributed by atoms with Crippen LogP contribution in [-0.2, 0) is 17.3 Å². The van der Waals surface area contributed by atoms with Crippen molar-refractivity contribution in [3.05, 3.63) is 76.9 Å². The van der Waals surface area contributed by atoms with Crippen LogP contribution < -0.4 is 10.5 Å². The van der Waals surface area contributed by atoms with Crippen LogP contribution in [0, 0.1) is 0 Å². The van der Waals surface area contributed by atoms with Crippen molar-refractivity contribution in [1.82, 2.24) is 0 Å². The number of hydrogen-bond donors (Lipinski definition) is 1. The van der Waals surface area contributed by atoms with E-state index >= 15 is 4.39 Å². The molecule has 2 N–H and O–H groups in total. The topological polar surface area (TPSA) is 60.0 Å². The highest BCUT2D eigenvalue weighted by Gasteiger charge is 2.45. The molecule has 1 aliphatic carbocycles. The zero-order chi connectivity index (χ0) is 20.9. The number of ether oxygens (including phenoxy) is 1. The number of nitrogens with two attached hydrogens (primary N) is 1. The summed E-state index contributed by atoms with van der Waals surface area (Å²) in [6.07, 6.45) is -2.42. The highest BCUT2D eigenvalue weighted by molar-refractivity contribution is 5.42. The third-order valence-electron chi connectivity index (χ3n) is 5.47. The van der Waals surface area contributed by atoms with Crippen LogP contribution in [0.5, 0.6) is 5.75 Å². The van der Waals surface area contributed by atoms with Gasteiger partial charge in [-0.2, -0.15) is 18.3 Å². The number of halogens is 4. The van der Waals surface area contributed by atoms with E-state index in [4.69, 9.17) is 10.5 Å². The maximum atomic E-state index is 15.3. The molecule has 4 nitrogen and oxygen atoms in total. The predicted octanol–water partition coefficient (Wildman–Crippen LogP) is 5.94. The van der Waals surface area contributed by atoms with E-state index in [1.165, 1.54) is 0 Å². The molecule has 1 heterocycles. The van der Waals surface area contributed by atoms with E-state index in [9.17, 15) is 13.2 Å². The summed E-state index contributed by atoms with van der Waals surface area (Å²) in [7, 11) is 0. The molecule has 8 heteroatoms. The number of benzene rings is 2. The van der Waals surface area contributed by atoms with Gasteiger partial charge in [0.05, 0.1) is 5.56 Å². The molecule has 0 radical (unpaired) electrons. The van der Waals surface area contributed by atoms with Crippen molar-refractivity contribution in [3.8, 4) is 5.75 Å². The number of hydrogen-bond acceptors (Lipinski definition) is 4. The zero-order valence-corrected chi connectivity index (χ0v) is 15.6. The first-order chi connectivity index (χ1) is 13.7. The lowest BCUT2D eigenvalue weighted by atomic mass is 9.85. The molecule has 2 aliphatic rings. The molecule has 152 valence electrons. The number of alkyl halides is 3. The summed E-state index contributed by atoms with van der Waals surface area (Å²) in [5.74, 6) is -0.994. The van der Waals surface area contributed by atoms with Crippen LogP contribution in [0.1, 0.15) is 42.9 Å². The van der Waals surface area contributed by atoms with Crippen LogP contribution in [0.2, 0.25) is 0 Å². The SMILES string of the molecule is CCC1(c2cccc(C3(N)CC3)c2)N=NC(Oc2ccc(C(F)(F)F)cc2)=C1F. The van der Waals surface area contributed by atoms with Crippen LogP contribution >= 0.6 is 0 Å². The fraction of sp³-hybridized carbons (Fsp3) is 0.333. The number of nitrogens with zero attached hydrogens (tertiary/aromatic N) is 2. The van der Waals surface area contributed by atoms with Gasteiger partial charge in [0.2, 0.25) is 0 Å². The van der Waals surface area contributed by atoms with Crippen molar-refractivity contribution in [1.29, 1.82) is 0 Å². The molecule has 1 unspecified atom stereocenters. The Labute approximate surface area is 165 Å². The van der Waals surface area contributed by atoms with Crippen molar-refractivity contribution in [2.45, 2.75) is 43.4 Å². The van der Waals surface area contributed by atoms with E-state index < -0.39 is 23.1 Å². The summed E-state index contributed by atoms with van der Waals surface area (Å²) in [6.45, 7) is 1.78. The van der Waals surface area contributed by atoms with E-state index in [1.54, 1.807) is 13.0 Å². The summed E-state index contributed by atoms with van der Waals surface area (Å²) < 4.78 is 58.8. The summed E-state index contributed by atoms with van der Waals surface area (Å²) in [5.41, 5.74) is 5.27. The second-order valence-electron chi connectivity index (χ2n) is 7.39. The molecule has 4 rings (SSSR count). The maximum absolute atomic E-state index is 15.3. The lowest BCUT2D eigenvalue weighted by molar-refractivity contribution is -0.137. The van der Waals surface area contributed by atoms with Crippen molar-refractivity contribution >= 4 is 0 Å². The molecule has 0 aromatic heterocycles. The Morgan fingerprint density at radius 3 is 2.31 bits per heavy atom. The second kappa shape index (κ2) is 6.66. The first-order valence-electron chi connectivity index (χ1n) is 9.26. The quantitative estimate of drug-likeness (QED) is 0.626. The van der Waals surface area contributed by atoms with Gasteiger partial charge >= 0.3 is 6.18 Å². The Bertz CT molecular complexity index is 994. The van der Waals surface area contributed by atoms with Gasteiger partial charge in [-0.05, 0) is 54.7 Å². The monoisotopic (exact) mass is 405 g/mol. The van der Waals surface area contributed by atoms with Gasteiger partial charge < -0.3 is 10.5 Å². The molecule has 29 heavy (non-hydrogen) atoms. The van der Waals surface area contributed by atoms with Gasteiger partial charge in [-0.15, -0.1) is 5.11 Å². The normalized spacial score (nSPS) is 22.8. The Morgan fingerprint density at radius 1 is 1.07 bits per heavy atom. The average molecular weight is 405 g/mol. The van der Waals surface area contributed by atoms with Gasteiger partial charge in [-0.3, -0.25) is 0 Å². The van der Waals surface area contributed by atoms with Crippen LogP contribution in [0.15, 0.2) is 70.5 Å². The molecule has 1 atom stereocenters. The zero-order valence-electron chi connectivity index (χ0n) is 15.6. The second-order valence-corrected chi connectivity index (χ2v) is 7.39. The van der Waals surface area contributed by atoms with E-state index in [-0.39, 0.29) is 17.2 Å². The van der Waals surface area contributed by atoms with Gasteiger partial charge in [0.1, 0.15) is 5.75 Å². The Kier molecular flexibility index (Phi) is 4.49. The van der Waals surface area contributed by atoms with Gasteiger partial charge in [-0.25, -0.2) is 4.39 Å². The minimum Gasteiger partial charge on any atom is -0.436 e. The smallest absolute Gasteiger partial charge is 0.416 e. The summed E-state index contributed by atoms with van der Waals surface area (Å²) in [5, 5.41) is 7.99. The number of rotatable bonds is 5. The molecular formula is C21H19F4N3O. The van der Waals surface area contributed by atoms with Crippen molar-refractivity contribution < 1.29 is 22.3 Å². The Morgan fingerprint density at radius 2 is 1.72 bits per heavy atom. The minimum atomic E-state index is -4.46. The molecule has 0 bridgehead atoms. The fourth-order valence-corrected chi connectivity index (χ4v) is 3.41. The first kappa shape index (κ1) is 19.6. The Balaban J connectivity index is 1.63. The van der Waals surface area contributed by atoms with Crippen LogP contribution in [0.4, 0.5) is 17.6 Å². The van der Waals surface area contributed by atoms with Crippen molar-refractivity contribution in [2.75, 3.05) is 0 Å². The largest absolute Gasteiger partial charge is 0.436 e. The summed E-state index contributed by atoms with van der Waals surface area (Å²) in [6, 6.07) is 11.3. The van der Waals surface area contributed by atoms with E-state index in [0.29, 0.717) is 12.0 Å². The Hall–Kier alpha value is -2.74. The molecule has 1 aliphatic heterocycles. The molecule has 2 aromatic rings. The number of azo groups is 1. The first-order valence-corrected chi connectivity index (χ1v) is 9.26. The molecule has 2 aromatic carbocycles. The highest BCUT2D eigenvalue weighted by atomic mass is 19.4. The highest BCUT2D eigenvalue weighted by Crippen LogP contribution is 2.48. The molecule has 0 spiro atoms. The third kappa shape index (κ3) is 3.42. The molecule has 0 saturated heterocycles. The van der Waals surface area contributed by atoms with Crippen LogP contribution in [-0.4, -0.2) is 0 Å². The average Bonchev–Trinajstić information content (AvgIpc) is 3.38. The van der Waals surface area contributed by atoms with E-state index in [2.05, 4.69) is 10.2 Å². The summed E-state index contributed by atoms with van der Waals surface area (Å²) in [4.78, 5) is 0. The summed E-state index contributed by atoms with van der Waals surface area (Å²) >= 11 is 0. The minimum absolute atomic E-state index is 0.0432. The van der Waals surface area contributed by atoms with Crippen molar-refractivity contribution in [2.24, 2.45) is 16.0 Å². The van der Waals surface area contributed by atoms with Crippen molar-refractivity contribution in [3.63, 3.8) is 0 Å². The lowest BCUT2D eigenvalue weighted by Crippen LogP contribution is -2.24. The molecule has 1 saturated carbocycles. The maximum Gasteiger partial charge on any atom is 0.416 e.